The molecule has 0 saturated carbocycles. The van der Waals surface area contributed by atoms with Crippen molar-refractivity contribution in [1.29, 1.82) is 0 Å². The lowest BCUT2D eigenvalue weighted by Gasteiger charge is -2.11. The van der Waals surface area contributed by atoms with Gasteiger partial charge in [-0.3, -0.25) is 0 Å². The van der Waals surface area contributed by atoms with Crippen LogP contribution in [0.5, 0.6) is 0 Å². The Morgan fingerprint density at radius 1 is 1.24 bits per heavy atom. The molecule has 17 heavy (non-hydrogen) atoms. The number of hydrogen-bond donors (Lipinski definition) is 1. The molecule has 1 N–H and O–H groups in total. The molecule has 1 heterocycles. The fraction of sp³-hybridized carbons (Fsp3) is 0.167. The summed E-state index contributed by atoms with van der Waals surface area (Å²) in [6.45, 7) is 1.87. The van der Waals surface area contributed by atoms with Crippen molar-refractivity contribution in [3.63, 3.8) is 0 Å². The van der Waals surface area contributed by atoms with Crippen LogP contribution in [0, 0.1) is 18.6 Å². The average molecular weight is 275 g/mol. The molecular weight excluding hydrogens is 266 g/mol. The van der Waals surface area contributed by atoms with E-state index in [-0.39, 0.29) is 10.6 Å². The van der Waals surface area contributed by atoms with Gasteiger partial charge in [-0.25, -0.2) is 8.78 Å². The van der Waals surface area contributed by atoms with E-state index in [1.165, 1.54) is 11.3 Å². The van der Waals surface area contributed by atoms with Crippen LogP contribution < -0.4 is 0 Å². The number of hydrogen-bond acceptors (Lipinski definition) is 2. The van der Waals surface area contributed by atoms with E-state index in [1.54, 1.807) is 11.4 Å². The summed E-state index contributed by atoms with van der Waals surface area (Å²) < 4.78 is 26.8. The highest BCUT2D eigenvalue weighted by atomic mass is 35.5. The third-order valence-corrected chi connectivity index (χ3v) is 3.57. The minimum atomic E-state index is -1.17. The summed E-state index contributed by atoms with van der Waals surface area (Å²) in [6, 6.07) is 3.53. The van der Waals surface area contributed by atoms with Crippen LogP contribution in [0.4, 0.5) is 8.78 Å². The third-order valence-electron chi connectivity index (χ3n) is 2.40. The number of aliphatic hydroxyl groups excluding tert-OH is 1. The van der Waals surface area contributed by atoms with Gasteiger partial charge in [0.1, 0.15) is 17.7 Å². The Hall–Kier alpha value is -0.970. The zero-order valence-electron chi connectivity index (χ0n) is 8.88. The third kappa shape index (κ3) is 2.49. The molecule has 2 rings (SSSR count). The van der Waals surface area contributed by atoms with Crippen molar-refractivity contribution in [1.82, 2.24) is 0 Å². The predicted molar refractivity (Wildman–Crippen MR) is 64.5 cm³/mol. The first-order valence-corrected chi connectivity index (χ1v) is 6.12. The normalized spacial score (nSPS) is 12.8. The lowest BCUT2D eigenvalue weighted by molar-refractivity contribution is 0.215. The quantitative estimate of drug-likeness (QED) is 0.819. The smallest absolute Gasteiger partial charge is 0.142 e. The van der Waals surface area contributed by atoms with Gasteiger partial charge in [0.05, 0.1) is 5.02 Å². The fourth-order valence-electron chi connectivity index (χ4n) is 1.53. The molecule has 1 unspecified atom stereocenters. The van der Waals surface area contributed by atoms with Crippen LogP contribution in [0.3, 0.4) is 0 Å². The van der Waals surface area contributed by atoms with E-state index in [4.69, 9.17) is 11.6 Å². The van der Waals surface area contributed by atoms with E-state index in [0.717, 1.165) is 17.0 Å². The summed E-state index contributed by atoms with van der Waals surface area (Å²) in [7, 11) is 0. The summed E-state index contributed by atoms with van der Waals surface area (Å²) >= 11 is 6.88. The van der Waals surface area contributed by atoms with E-state index in [9.17, 15) is 13.9 Å². The molecule has 0 bridgehead atoms. The Morgan fingerprint density at radius 2 is 1.94 bits per heavy atom. The van der Waals surface area contributed by atoms with Crippen LogP contribution in [0.25, 0.3) is 0 Å². The van der Waals surface area contributed by atoms with E-state index in [2.05, 4.69) is 0 Å². The van der Waals surface area contributed by atoms with Gasteiger partial charge < -0.3 is 5.11 Å². The molecule has 5 heteroatoms. The second kappa shape index (κ2) is 4.72. The van der Waals surface area contributed by atoms with Crippen LogP contribution in [-0.2, 0) is 0 Å². The van der Waals surface area contributed by atoms with Crippen molar-refractivity contribution in [3.05, 3.63) is 56.2 Å². The van der Waals surface area contributed by atoms with Gasteiger partial charge in [-0.05, 0) is 36.1 Å². The molecule has 1 nitrogen and oxygen atoms in total. The molecule has 0 fully saturated rings. The van der Waals surface area contributed by atoms with Crippen LogP contribution in [0.1, 0.15) is 22.1 Å². The van der Waals surface area contributed by atoms with E-state index < -0.39 is 17.7 Å². The highest BCUT2D eigenvalue weighted by Gasteiger charge is 2.18. The van der Waals surface area contributed by atoms with Crippen molar-refractivity contribution in [3.8, 4) is 0 Å². The van der Waals surface area contributed by atoms with Gasteiger partial charge in [-0.1, -0.05) is 11.6 Å². The molecule has 0 aliphatic carbocycles. The second-order valence-electron chi connectivity index (χ2n) is 3.68. The van der Waals surface area contributed by atoms with Crippen molar-refractivity contribution >= 4 is 22.9 Å². The van der Waals surface area contributed by atoms with E-state index in [0.29, 0.717) is 5.56 Å². The molecule has 1 aromatic carbocycles. The maximum Gasteiger partial charge on any atom is 0.142 e. The predicted octanol–water partition coefficient (Wildman–Crippen LogP) is 4.07. The highest BCUT2D eigenvalue weighted by molar-refractivity contribution is 7.10. The standard InChI is InChI=1S/C12H9ClF2OS/c1-6-2-7(5-17-6)12(16)8-3-11(15)9(13)4-10(8)14/h2-5,12,16H,1H3. The SMILES string of the molecule is Cc1cc(C(O)c2cc(F)c(Cl)cc2F)cs1. The van der Waals surface area contributed by atoms with Gasteiger partial charge in [0.2, 0.25) is 0 Å². The Kier molecular flexibility index (Phi) is 3.47. The number of rotatable bonds is 2. The van der Waals surface area contributed by atoms with Gasteiger partial charge in [-0.15, -0.1) is 11.3 Å². The van der Waals surface area contributed by atoms with Gasteiger partial charge in [-0.2, -0.15) is 0 Å². The first-order chi connectivity index (χ1) is 7.99. The van der Waals surface area contributed by atoms with Crippen LogP contribution in [-0.4, -0.2) is 5.11 Å². The molecule has 1 atom stereocenters. The lowest BCUT2D eigenvalue weighted by atomic mass is 10.0. The molecule has 0 amide bonds. The Balaban J connectivity index is 2.43. The lowest BCUT2D eigenvalue weighted by Crippen LogP contribution is -2.02. The molecule has 0 radical (unpaired) electrons. The molecule has 1 aromatic heterocycles. The molecule has 0 aliphatic rings. The monoisotopic (exact) mass is 274 g/mol. The van der Waals surface area contributed by atoms with Crippen LogP contribution in [0.2, 0.25) is 5.02 Å². The zero-order valence-corrected chi connectivity index (χ0v) is 10.4. The number of thiophene rings is 1. The van der Waals surface area contributed by atoms with Crippen molar-refractivity contribution < 1.29 is 13.9 Å². The molecule has 0 saturated heterocycles. The molecule has 90 valence electrons. The average Bonchev–Trinajstić information content (AvgIpc) is 2.69. The van der Waals surface area contributed by atoms with E-state index >= 15 is 0 Å². The Bertz CT molecular complexity index is 553. The number of aliphatic hydroxyl groups is 1. The summed E-state index contributed by atoms with van der Waals surface area (Å²) in [4.78, 5) is 0.994. The van der Waals surface area contributed by atoms with Gasteiger partial charge >= 0.3 is 0 Å². The van der Waals surface area contributed by atoms with Crippen molar-refractivity contribution in [2.45, 2.75) is 13.0 Å². The maximum absolute atomic E-state index is 13.6. The summed E-state index contributed by atoms with van der Waals surface area (Å²) in [5.41, 5.74) is 0.442. The molecular formula is C12H9ClF2OS. The number of halogens is 3. The topological polar surface area (TPSA) is 20.2 Å². The van der Waals surface area contributed by atoms with E-state index in [1.807, 2.05) is 6.92 Å². The first-order valence-electron chi connectivity index (χ1n) is 4.86. The highest BCUT2D eigenvalue weighted by Crippen LogP contribution is 2.30. The molecule has 0 spiro atoms. The maximum atomic E-state index is 13.6. The number of benzene rings is 1. The van der Waals surface area contributed by atoms with Crippen LogP contribution >= 0.6 is 22.9 Å². The minimum absolute atomic E-state index is 0.107. The van der Waals surface area contributed by atoms with Gasteiger partial charge in [0, 0.05) is 10.4 Å². The summed E-state index contributed by atoms with van der Waals surface area (Å²) in [5.74, 6) is -1.46. The largest absolute Gasteiger partial charge is 0.384 e. The molecule has 2 aromatic rings. The minimum Gasteiger partial charge on any atom is -0.384 e. The van der Waals surface area contributed by atoms with Crippen LogP contribution in [0.15, 0.2) is 23.6 Å². The van der Waals surface area contributed by atoms with Gasteiger partial charge in [0.25, 0.3) is 0 Å². The molecule has 0 aliphatic heterocycles. The summed E-state index contributed by atoms with van der Waals surface area (Å²) in [5, 5.41) is 11.4. The first kappa shape index (κ1) is 12.5. The fourth-order valence-corrected chi connectivity index (χ4v) is 2.41. The Morgan fingerprint density at radius 3 is 2.53 bits per heavy atom. The zero-order chi connectivity index (χ0) is 12.6. The second-order valence-corrected chi connectivity index (χ2v) is 5.20. The van der Waals surface area contributed by atoms with Gasteiger partial charge in [0.15, 0.2) is 0 Å². The Labute approximate surface area is 106 Å². The van der Waals surface area contributed by atoms with Crippen molar-refractivity contribution in [2.75, 3.05) is 0 Å². The summed E-state index contributed by atoms with van der Waals surface area (Å²) in [6.07, 6.45) is -1.17. The number of aryl methyl sites for hydroxylation is 1. The van der Waals surface area contributed by atoms with Crippen molar-refractivity contribution in [2.24, 2.45) is 0 Å².